The highest BCUT2D eigenvalue weighted by Crippen LogP contribution is 2.45. The van der Waals surface area contributed by atoms with E-state index in [4.69, 9.17) is 21.1 Å². The highest BCUT2D eigenvalue weighted by molar-refractivity contribution is 6.30. The topological polar surface area (TPSA) is 71.1 Å². The maximum atomic E-state index is 13.8. The summed E-state index contributed by atoms with van der Waals surface area (Å²) in [5.41, 5.74) is 1.55. The lowest BCUT2D eigenvalue weighted by Crippen LogP contribution is -2.52. The minimum Gasteiger partial charge on any atom is -0.447 e. The van der Waals surface area contributed by atoms with Gasteiger partial charge in [0.1, 0.15) is 12.2 Å². The number of anilines is 1. The molecule has 2 aromatic rings. The number of fused-ring (bicyclic) bond motifs is 2. The highest BCUT2D eigenvalue weighted by atomic mass is 35.5. The Hall–Kier alpha value is -2.91. The van der Waals surface area contributed by atoms with Crippen LogP contribution in [0.3, 0.4) is 0 Å². The summed E-state index contributed by atoms with van der Waals surface area (Å²) >= 11 is 6.26. The lowest BCUT2D eigenvalue weighted by molar-refractivity contribution is -0.0503. The number of likely N-dealkylation sites (tertiary alicyclic amines) is 1. The van der Waals surface area contributed by atoms with Gasteiger partial charge in [0.15, 0.2) is 11.6 Å². The maximum Gasteiger partial charge on any atom is 0.412 e. The second-order valence-electron chi connectivity index (χ2n) is 10.4. The number of amides is 2. The molecule has 1 N–H and O–H groups in total. The number of rotatable bonds is 3. The number of benzene rings is 2. The van der Waals surface area contributed by atoms with Gasteiger partial charge in [-0.15, -0.1) is 0 Å². The van der Waals surface area contributed by atoms with E-state index in [0.29, 0.717) is 29.5 Å². The molecule has 4 aliphatic rings. The molecule has 1 atom stereocenters. The first-order valence-electron chi connectivity index (χ1n) is 12.8. The lowest BCUT2D eigenvalue weighted by atomic mass is 9.80. The van der Waals surface area contributed by atoms with Gasteiger partial charge in [-0.2, -0.15) is 0 Å². The van der Waals surface area contributed by atoms with Crippen LogP contribution in [0.25, 0.3) is 0 Å². The standard InChI is InChI=1S/C27H28ClF2N3O4/c28-17-2-8-23-20(14-17)27(37-25(34)31-23)9-11-32(12-10-27)18-3-5-19(6-4-18)33-24(15-36-26(33)35)16-1-7-21(29)22(30)13-16/h1-2,7-8,13-14,18-19,24H,3-6,9-12,15H2,(H,31,34). The average molecular weight is 532 g/mol. The molecular weight excluding hydrogens is 504 g/mol. The quantitative estimate of drug-likeness (QED) is 0.528. The second kappa shape index (κ2) is 9.44. The van der Waals surface area contributed by atoms with Gasteiger partial charge in [-0.3, -0.25) is 10.2 Å². The van der Waals surface area contributed by atoms with E-state index in [-0.39, 0.29) is 12.6 Å². The molecule has 10 heteroatoms. The summed E-state index contributed by atoms with van der Waals surface area (Å²) in [6.07, 6.45) is 3.97. The van der Waals surface area contributed by atoms with Crippen LogP contribution in [0.2, 0.25) is 5.02 Å². The van der Waals surface area contributed by atoms with Crippen LogP contribution < -0.4 is 5.32 Å². The molecule has 7 nitrogen and oxygen atoms in total. The minimum absolute atomic E-state index is 0.0140. The molecule has 0 bridgehead atoms. The number of nitrogens with one attached hydrogen (secondary N) is 1. The SMILES string of the molecule is O=C1Nc2ccc(Cl)cc2C2(CCN(C3CCC(N4C(=O)OCC4c4ccc(F)c(F)c4)CC3)CC2)O1. The van der Waals surface area contributed by atoms with E-state index in [1.165, 1.54) is 6.07 Å². The van der Waals surface area contributed by atoms with Crippen molar-refractivity contribution < 1.29 is 27.8 Å². The summed E-state index contributed by atoms with van der Waals surface area (Å²) in [5.74, 6) is -1.83. The molecule has 196 valence electrons. The molecule has 1 saturated carbocycles. The molecule has 6 rings (SSSR count). The van der Waals surface area contributed by atoms with Gasteiger partial charge in [-0.25, -0.2) is 18.4 Å². The van der Waals surface area contributed by atoms with E-state index >= 15 is 0 Å². The van der Waals surface area contributed by atoms with E-state index in [1.807, 2.05) is 12.1 Å². The molecule has 2 saturated heterocycles. The molecule has 2 aromatic carbocycles. The van der Waals surface area contributed by atoms with Crippen LogP contribution in [0.4, 0.5) is 24.1 Å². The predicted octanol–water partition coefficient (Wildman–Crippen LogP) is 5.98. The van der Waals surface area contributed by atoms with Crippen molar-refractivity contribution in [2.75, 3.05) is 25.0 Å². The van der Waals surface area contributed by atoms with E-state index in [0.717, 1.165) is 62.2 Å². The number of piperidine rings is 1. The normalized spacial score (nSPS) is 27.4. The number of carbonyl (C=O) groups excluding carboxylic acids is 2. The maximum absolute atomic E-state index is 13.8. The molecule has 3 heterocycles. The zero-order valence-corrected chi connectivity index (χ0v) is 21.0. The number of hydrogen-bond acceptors (Lipinski definition) is 5. The monoisotopic (exact) mass is 531 g/mol. The molecule has 1 spiro atoms. The van der Waals surface area contributed by atoms with Crippen molar-refractivity contribution in [2.45, 2.75) is 62.3 Å². The predicted molar refractivity (Wildman–Crippen MR) is 132 cm³/mol. The third-order valence-corrected chi connectivity index (χ3v) is 8.65. The Bertz CT molecular complexity index is 1230. The van der Waals surface area contributed by atoms with Crippen molar-refractivity contribution in [3.63, 3.8) is 0 Å². The molecule has 1 unspecified atom stereocenters. The van der Waals surface area contributed by atoms with E-state index < -0.39 is 35.5 Å². The zero-order chi connectivity index (χ0) is 25.7. The fraction of sp³-hybridized carbons (Fsp3) is 0.481. The van der Waals surface area contributed by atoms with Crippen molar-refractivity contribution in [2.24, 2.45) is 0 Å². The van der Waals surface area contributed by atoms with Gasteiger partial charge in [0.05, 0.1) is 11.7 Å². The Morgan fingerprint density at radius 1 is 0.946 bits per heavy atom. The Labute approximate surface area is 218 Å². The summed E-state index contributed by atoms with van der Waals surface area (Å²) in [5, 5.41) is 3.39. The van der Waals surface area contributed by atoms with Gasteiger partial charge in [0, 0.05) is 48.6 Å². The van der Waals surface area contributed by atoms with Crippen molar-refractivity contribution in [1.29, 1.82) is 0 Å². The van der Waals surface area contributed by atoms with Crippen LogP contribution in [0.5, 0.6) is 0 Å². The Morgan fingerprint density at radius 2 is 1.68 bits per heavy atom. The van der Waals surface area contributed by atoms with Crippen LogP contribution in [-0.4, -0.2) is 53.8 Å². The van der Waals surface area contributed by atoms with E-state index in [1.54, 1.807) is 11.0 Å². The minimum atomic E-state index is -0.923. The van der Waals surface area contributed by atoms with E-state index in [9.17, 15) is 18.4 Å². The van der Waals surface area contributed by atoms with Gasteiger partial charge < -0.3 is 14.4 Å². The van der Waals surface area contributed by atoms with Crippen molar-refractivity contribution >= 4 is 29.5 Å². The second-order valence-corrected chi connectivity index (χ2v) is 10.8. The summed E-state index contributed by atoms with van der Waals surface area (Å²) < 4.78 is 38.5. The number of halogens is 3. The molecule has 3 fully saturated rings. The Morgan fingerprint density at radius 3 is 2.41 bits per heavy atom. The van der Waals surface area contributed by atoms with Crippen molar-refractivity contribution in [3.05, 3.63) is 64.2 Å². The summed E-state index contributed by atoms with van der Waals surface area (Å²) in [6.45, 7) is 1.71. The smallest absolute Gasteiger partial charge is 0.412 e. The van der Waals surface area contributed by atoms with Crippen LogP contribution in [-0.2, 0) is 15.1 Å². The fourth-order valence-corrected chi connectivity index (χ4v) is 6.68. The number of cyclic esters (lactones) is 1. The summed E-state index contributed by atoms with van der Waals surface area (Å²) in [7, 11) is 0. The zero-order valence-electron chi connectivity index (χ0n) is 20.2. The molecule has 37 heavy (non-hydrogen) atoms. The van der Waals surface area contributed by atoms with Gasteiger partial charge in [-0.1, -0.05) is 17.7 Å². The molecular formula is C27H28ClF2N3O4. The molecule has 0 radical (unpaired) electrons. The third-order valence-electron chi connectivity index (χ3n) is 8.42. The lowest BCUT2D eigenvalue weighted by Gasteiger charge is -2.47. The number of nitrogens with zero attached hydrogens (tertiary/aromatic N) is 2. The van der Waals surface area contributed by atoms with Gasteiger partial charge >= 0.3 is 12.2 Å². The van der Waals surface area contributed by atoms with Crippen molar-refractivity contribution in [3.8, 4) is 0 Å². The fourth-order valence-electron chi connectivity index (χ4n) is 6.51. The number of carbonyl (C=O) groups is 2. The van der Waals surface area contributed by atoms with E-state index in [2.05, 4.69) is 10.2 Å². The third kappa shape index (κ3) is 4.42. The largest absolute Gasteiger partial charge is 0.447 e. The van der Waals surface area contributed by atoms with Gasteiger partial charge in [0.25, 0.3) is 0 Å². The average Bonchev–Trinajstić information content (AvgIpc) is 3.28. The molecule has 1 aliphatic carbocycles. The Kier molecular flexibility index (Phi) is 6.23. The van der Waals surface area contributed by atoms with Crippen molar-refractivity contribution in [1.82, 2.24) is 9.80 Å². The molecule has 2 amide bonds. The first-order chi connectivity index (χ1) is 17.8. The number of ether oxygens (including phenoxy) is 2. The number of hydrogen-bond donors (Lipinski definition) is 1. The van der Waals surface area contributed by atoms with Crippen LogP contribution >= 0.6 is 11.6 Å². The first kappa shape index (κ1) is 24.4. The van der Waals surface area contributed by atoms with Gasteiger partial charge in [0.2, 0.25) is 0 Å². The van der Waals surface area contributed by atoms with Crippen LogP contribution in [0, 0.1) is 11.6 Å². The molecule has 0 aromatic heterocycles. The Balaban J connectivity index is 1.10. The highest BCUT2D eigenvalue weighted by Gasteiger charge is 2.46. The summed E-state index contributed by atoms with van der Waals surface area (Å²) in [4.78, 5) is 29.0. The van der Waals surface area contributed by atoms with Gasteiger partial charge in [-0.05, 0) is 61.6 Å². The first-order valence-corrected chi connectivity index (χ1v) is 13.1. The summed E-state index contributed by atoms with van der Waals surface area (Å²) in [6, 6.07) is 9.18. The van der Waals surface area contributed by atoms with Crippen LogP contribution in [0.1, 0.15) is 55.7 Å². The van der Waals surface area contributed by atoms with Crippen LogP contribution in [0.15, 0.2) is 36.4 Å². The molecule has 3 aliphatic heterocycles.